The summed E-state index contributed by atoms with van der Waals surface area (Å²) < 4.78 is 1.87. The molecule has 5 heteroatoms. The van der Waals surface area contributed by atoms with Crippen molar-refractivity contribution in [1.82, 2.24) is 9.55 Å². The van der Waals surface area contributed by atoms with Crippen molar-refractivity contribution in [2.45, 2.75) is 33.7 Å². The first-order valence-corrected chi connectivity index (χ1v) is 6.57. The van der Waals surface area contributed by atoms with Crippen LogP contribution in [0.25, 0.3) is 0 Å². The van der Waals surface area contributed by atoms with Crippen LogP contribution < -0.4 is 11.1 Å². The Morgan fingerprint density at radius 1 is 1.35 bits per heavy atom. The predicted octanol–water partition coefficient (Wildman–Crippen LogP) is 2.59. The number of benzene rings is 1. The Labute approximate surface area is 118 Å². The third-order valence-corrected chi connectivity index (χ3v) is 3.60. The Kier molecular flexibility index (Phi) is 3.79. The number of anilines is 2. The fourth-order valence-electron chi connectivity index (χ4n) is 2.04. The number of aromatic nitrogens is 2. The molecule has 1 aromatic carbocycles. The minimum atomic E-state index is -0.322. The molecule has 0 aliphatic heterocycles. The van der Waals surface area contributed by atoms with Gasteiger partial charge in [0.25, 0.3) is 0 Å². The van der Waals surface area contributed by atoms with Crippen molar-refractivity contribution in [3.05, 3.63) is 41.5 Å². The number of amides is 1. The van der Waals surface area contributed by atoms with Gasteiger partial charge < -0.3 is 15.6 Å². The van der Waals surface area contributed by atoms with Gasteiger partial charge in [0.1, 0.15) is 6.04 Å². The summed E-state index contributed by atoms with van der Waals surface area (Å²) in [5, 5.41) is 2.92. The smallest absolute Gasteiger partial charge is 0.247 e. The molecule has 1 aromatic heterocycles. The van der Waals surface area contributed by atoms with Crippen molar-refractivity contribution in [2.24, 2.45) is 0 Å². The van der Waals surface area contributed by atoms with Crippen LogP contribution in [0, 0.1) is 20.8 Å². The number of rotatable bonds is 3. The van der Waals surface area contributed by atoms with Crippen molar-refractivity contribution >= 4 is 17.3 Å². The van der Waals surface area contributed by atoms with Crippen LogP contribution in [-0.4, -0.2) is 15.5 Å². The number of nitrogens with one attached hydrogen (secondary N) is 1. The molecule has 1 unspecified atom stereocenters. The van der Waals surface area contributed by atoms with Gasteiger partial charge in [0.15, 0.2) is 0 Å². The average molecular weight is 272 g/mol. The van der Waals surface area contributed by atoms with Gasteiger partial charge in [-0.15, -0.1) is 0 Å². The SMILES string of the molecule is Cc1ccc(N)cc1NC(=O)C(C)n1cnc(C)c1C. The number of hydrogen-bond acceptors (Lipinski definition) is 3. The summed E-state index contributed by atoms with van der Waals surface area (Å²) >= 11 is 0. The molecule has 106 valence electrons. The second-order valence-corrected chi connectivity index (χ2v) is 5.06. The minimum Gasteiger partial charge on any atom is -0.399 e. The molecule has 0 bridgehead atoms. The number of nitrogen functional groups attached to an aromatic ring is 1. The highest BCUT2D eigenvalue weighted by Crippen LogP contribution is 2.20. The zero-order valence-electron chi connectivity index (χ0n) is 12.3. The molecule has 0 aliphatic rings. The van der Waals surface area contributed by atoms with Gasteiger partial charge in [0, 0.05) is 17.1 Å². The monoisotopic (exact) mass is 272 g/mol. The van der Waals surface area contributed by atoms with Crippen LogP contribution in [0.2, 0.25) is 0 Å². The van der Waals surface area contributed by atoms with E-state index in [1.807, 2.05) is 44.4 Å². The lowest BCUT2D eigenvalue weighted by atomic mass is 10.1. The molecular formula is C15H20N4O. The van der Waals surface area contributed by atoms with Crippen molar-refractivity contribution in [2.75, 3.05) is 11.1 Å². The zero-order valence-corrected chi connectivity index (χ0v) is 12.3. The van der Waals surface area contributed by atoms with E-state index in [0.717, 1.165) is 22.6 Å². The molecule has 1 amide bonds. The Hall–Kier alpha value is -2.30. The van der Waals surface area contributed by atoms with Gasteiger partial charge in [0.2, 0.25) is 5.91 Å². The highest BCUT2D eigenvalue weighted by Gasteiger charge is 2.18. The average Bonchev–Trinajstić information content (AvgIpc) is 2.73. The van der Waals surface area contributed by atoms with Gasteiger partial charge in [-0.3, -0.25) is 4.79 Å². The second kappa shape index (κ2) is 5.36. The summed E-state index contributed by atoms with van der Waals surface area (Å²) in [6.45, 7) is 7.67. The van der Waals surface area contributed by atoms with E-state index in [1.165, 1.54) is 0 Å². The van der Waals surface area contributed by atoms with E-state index < -0.39 is 0 Å². The van der Waals surface area contributed by atoms with E-state index >= 15 is 0 Å². The van der Waals surface area contributed by atoms with Gasteiger partial charge >= 0.3 is 0 Å². The predicted molar refractivity (Wildman–Crippen MR) is 80.6 cm³/mol. The Balaban J connectivity index is 2.20. The fraction of sp³-hybridized carbons (Fsp3) is 0.333. The van der Waals surface area contributed by atoms with Crippen molar-refractivity contribution in [1.29, 1.82) is 0 Å². The van der Waals surface area contributed by atoms with Crippen LogP contribution in [-0.2, 0) is 4.79 Å². The van der Waals surface area contributed by atoms with E-state index in [9.17, 15) is 4.79 Å². The first-order valence-electron chi connectivity index (χ1n) is 6.57. The number of hydrogen-bond donors (Lipinski definition) is 2. The lowest BCUT2D eigenvalue weighted by Gasteiger charge is -2.16. The molecule has 0 saturated carbocycles. The fourth-order valence-corrected chi connectivity index (χ4v) is 2.04. The molecule has 3 N–H and O–H groups in total. The third kappa shape index (κ3) is 2.66. The summed E-state index contributed by atoms with van der Waals surface area (Å²) in [6.07, 6.45) is 1.70. The largest absolute Gasteiger partial charge is 0.399 e. The highest BCUT2D eigenvalue weighted by atomic mass is 16.2. The maximum atomic E-state index is 12.3. The lowest BCUT2D eigenvalue weighted by Crippen LogP contribution is -2.24. The Morgan fingerprint density at radius 3 is 2.65 bits per heavy atom. The lowest BCUT2D eigenvalue weighted by molar-refractivity contribution is -0.118. The maximum absolute atomic E-state index is 12.3. The van der Waals surface area contributed by atoms with Gasteiger partial charge in [-0.1, -0.05) is 6.07 Å². The van der Waals surface area contributed by atoms with Crippen molar-refractivity contribution in [3.63, 3.8) is 0 Å². The van der Waals surface area contributed by atoms with Crippen LogP contribution in [0.5, 0.6) is 0 Å². The number of carbonyl (C=O) groups excluding carboxylic acids is 1. The highest BCUT2D eigenvalue weighted by molar-refractivity contribution is 5.94. The minimum absolute atomic E-state index is 0.0841. The molecule has 0 radical (unpaired) electrons. The van der Waals surface area contributed by atoms with Crippen LogP contribution in [0.4, 0.5) is 11.4 Å². The normalized spacial score (nSPS) is 12.2. The molecule has 0 spiro atoms. The van der Waals surface area contributed by atoms with E-state index in [-0.39, 0.29) is 11.9 Å². The van der Waals surface area contributed by atoms with Crippen LogP contribution >= 0.6 is 0 Å². The molecule has 0 fully saturated rings. The summed E-state index contributed by atoms with van der Waals surface area (Å²) in [4.78, 5) is 16.6. The maximum Gasteiger partial charge on any atom is 0.247 e. The topological polar surface area (TPSA) is 72.9 Å². The Morgan fingerprint density at radius 2 is 2.05 bits per heavy atom. The van der Waals surface area contributed by atoms with E-state index in [1.54, 1.807) is 12.4 Å². The molecular weight excluding hydrogens is 252 g/mol. The molecule has 0 aliphatic carbocycles. The van der Waals surface area contributed by atoms with Crippen LogP contribution in [0.3, 0.4) is 0 Å². The van der Waals surface area contributed by atoms with Crippen LogP contribution in [0.1, 0.15) is 29.9 Å². The van der Waals surface area contributed by atoms with Crippen molar-refractivity contribution in [3.8, 4) is 0 Å². The molecule has 2 aromatic rings. The second-order valence-electron chi connectivity index (χ2n) is 5.06. The summed E-state index contributed by atoms with van der Waals surface area (Å²) in [7, 11) is 0. The van der Waals surface area contributed by atoms with Gasteiger partial charge in [-0.2, -0.15) is 0 Å². The molecule has 1 atom stereocenters. The standard InChI is InChI=1S/C15H20N4O/c1-9-5-6-13(16)7-14(9)18-15(20)12(4)19-8-17-10(2)11(19)3/h5-8,12H,16H2,1-4H3,(H,18,20). The molecule has 1 heterocycles. The molecule has 0 saturated heterocycles. The third-order valence-electron chi connectivity index (χ3n) is 3.60. The summed E-state index contributed by atoms with van der Waals surface area (Å²) in [5.41, 5.74) is 10.0. The van der Waals surface area contributed by atoms with Crippen molar-refractivity contribution < 1.29 is 4.79 Å². The number of nitrogens with two attached hydrogens (primary N) is 1. The number of imidazole rings is 1. The number of carbonyl (C=O) groups is 1. The quantitative estimate of drug-likeness (QED) is 0.843. The van der Waals surface area contributed by atoms with Gasteiger partial charge in [-0.25, -0.2) is 4.98 Å². The van der Waals surface area contributed by atoms with E-state index in [4.69, 9.17) is 5.73 Å². The molecule has 20 heavy (non-hydrogen) atoms. The van der Waals surface area contributed by atoms with E-state index in [2.05, 4.69) is 10.3 Å². The number of nitrogens with zero attached hydrogens (tertiary/aromatic N) is 2. The first-order chi connectivity index (χ1) is 9.40. The van der Waals surface area contributed by atoms with E-state index in [0.29, 0.717) is 5.69 Å². The molecule has 2 rings (SSSR count). The molecule has 5 nitrogen and oxygen atoms in total. The summed E-state index contributed by atoms with van der Waals surface area (Å²) in [6, 6.07) is 5.16. The Bertz CT molecular complexity index is 645. The first kappa shape index (κ1) is 14.1. The zero-order chi connectivity index (χ0) is 14.9. The van der Waals surface area contributed by atoms with Gasteiger partial charge in [-0.05, 0) is 45.4 Å². The van der Waals surface area contributed by atoms with Gasteiger partial charge in [0.05, 0.1) is 12.0 Å². The van der Waals surface area contributed by atoms with Crippen LogP contribution in [0.15, 0.2) is 24.5 Å². The number of aryl methyl sites for hydroxylation is 2. The summed E-state index contributed by atoms with van der Waals surface area (Å²) in [5.74, 6) is -0.0841.